The molecule has 0 saturated carbocycles. The molecule has 0 unspecified atom stereocenters. The largest absolute Gasteiger partial charge is 0.493 e. The number of carbonyl (C=O) groups excluding carboxylic acids is 1. The topological polar surface area (TPSA) is 91.3 Å². The van der Waals surface area contributed by atoms with E-state index in [0.717, 1.165) is 0 Å². The molecule has 1 heterocycles. The van der Waals surface area contributed by atoms with Crippen LogP contribution in [0.2, 0.25) is 5.02 Å². The van der Waals surface area contributed by atoms with Crippen molar-refractivity contribution in [1.82, 2.24) is 0 Å². The monoisotopic (exact) mass is 407 g/mol. The number of hydrogen-bond donors (Lipinski definition) is 0. The maximum absolute atomic E-state index is 12.4. The summed E-state index contributed by atoms with van der Waals surface area (Å²) in [4.78, 5) is 16.2. The summed E-state index contributed by atoms with van der Waals surface area (Å²) < 4.78 is 35.2. The Balaban J connectivity index is 1.91. The third-order valence-electron chi connectivity index (χ3n) is 3.68. The molecule has 7 nitrogen and oxygen atoms in total. The van der Waals surface area contributed by atoms with Gasteiger partial charge < -0.3 is 13.8 Å². The molecule has 140 valence electrons. The maximum Gasteiger partial charge on any atom is 0.367 e. The van der Waals surface area contributed by atoms with Crippen molar-refractivity contribution in [2.24, 2.45) is 5.16 Å². The maximum atomic E-state index is 12.4. The number of methoxy groups -OCH3 is 1. The normalized spacial score (nSPS) is 15.4. The molecule has 2 aromatic carbocycles. The second-order valence-electron chi connectivity index (χ2n) is 5.52. The van der Waals surface area contributed by atoms with Gasteiger partial charge in [-0.05, 0) is 55.0 Å². The van der Waals surface area contributed by atoms with Gasteiger partial charge in [0, 0.05) is 5.02 Å². The molecule has 0 amide bonds. The highest BCUT2D eigenvalue weighted by molar-refractivity contribution is 7.87. The Hall–Kier alpha value is -2.84. The average Bonchev–Trinajstić information content (AvgIpc) is 2.95. The summed E-state index contributed by atoms with van der Waals surface area (Å²) in [7, 11) is -2.68. The van der Waals surface area contributed by atoms with E-state index < -0.39 is 16.1 Å². The van der Waals surface area contributed by atoms with E-state index in [1.165, 1.54) is 37.4 Å². The van der Waals surface area contributed by atoms with Crippen LogP contribution >= 0.6 is 11.6 Å². The van der Waals surface area contributed by atoms with Gasteiger partial charge in [-0.25, -0.2) is 4.79 Å². The zero-order valence-corrected chi connectivity index (χ0v) is 15.9. The molecule has 1 aliphatic heterocycles. The van der Waals surface area contributed by atoms with Gasteiger partial charge in [0.05, 0.1) is 18.4 Å². The summed E-state index contributed by atoms with van der Waals surface area (Å²) >= 11 is 5.78. The molecule has 0 spiro atoms. The summed E-state index contributed by atoms with van der Waals surface area (Å²) in [5.41, 5.74) is 1.34. The number of rotatable bonds is 5. The van der Waals surface area contributed by atoms with Crippen molar-refractivity contribution in [3.63, 3.8) is 0 Å². The van der Waals surface area contributed by atoms with Crippen molar-refractivity contribution in [3.8, 4) is 11.5 Å². The lowest BCUT2D eigenvalue weighted by Crippen LogP contribution is -2.10. The van der Waals surface area contributed by atoms with Crippen LogP contribution in [0.4, 0.5) is 0 Å². The van der Waals surface area contributed by atoms with Crippen LogP contribution in [-0.2, 0) is 19.8 Å². The summed E-state index contributed by atoms with van der Waals surface area (Å²) in [6.45, 7) is 1.64. The minimum Gasteiger partial charge on any atom is -0.493 e. The Morgan fingerprint density at radius 2 is 1.81 bits per heavy atom. The summed E-state index contributed by atoms with van der Waals surface area (Å²) in [6.07, 6.45) is 1.56. The zero-order valence-electron chi connectivity index (χ0n) is 14.3. The van der Waals surface area contributed by atoms with Crippen molar-refractivity contribution < 1.29 is 27.0 Å². The van der Waals surface area contributed by atoms with E-state index in [2.05, 4.69) is 9.99 Å². The third-order valence-corrected chi connectivity index (χ3v) is 5.18. The zero-order chi connectivity index (χ0) is 19.6. The van der Waals surface area contributed by atoms with Crippen LogP contribution in [0.5, 0.6) is 11.5 Å². The molecule has 0 atom stereocenters. The molecule has 0 aromatic heterocycles. The van der Waals surface area contributed by atoms with Crippen LogP contribution in [0.25, 0.3) is 6.08 Å². The van der Waals surface area contributed by atoms with Gasteiger partial charge in [0.25, 0.3) is 0 Å². The van der Waals surface area contributed by atoms with Crippen LogP contribution in [0.1, 0.15) is 12.5 Å². The Morgan fingerprint density at radius 1 is 1.11 bits per heavy atom. The predicted molar refractivity (Wildman–Crippen MR) is 99.4 cm³/mol. The minimum absolute atomic E-state index is 0.00832. The molecular formula is C18H14ClNO6S. The molecular weight excluding hydrogens is 394 g/mol. The first kappa shape index (κ1) is 18.9. The average molecular weight is 408 g/mol. The van der Waals surface area contributed by atoms with E-state index in [1.54, 1.807) is 25.1 Å². The number of hydrogen-bond acceptors (Lipinski definition) is 7. The predicted octanol–water partition coefficient (Wildman–Crippen LogP) is 3.43. The number of nitrogens with zero attached hydrogens (tertiary/aromatic N) is 1. The molecule has 0 bridgehead atoms. The lowest BCUT2D eigenvalue weighted by Gasteiger charge is -2.11. The van der Waals surface area contributed by atoms with Gasteiger partial charge in [0.15, 0.2) is 11.5 Å². The van der Waals surface area contributed by atoms with E-state index in [1.807, 2.05) is 0 Å². The van der Waals surface area contributed by atoms with Gasteiger partial charge in [-0.1, -0.05) is 22.8 Å². The van der Waals surface area contributed by atoms with E-state index in [4.69, 9.17) is 20.5 Å². The number of halogens is 1. The number of ether oxygens (including phenoxy) is 1. The molecule has 9 heteroatoms. The second-order valence-corrected chi connectivity index (χ2v) is 7.50. The summed E-state index contributed by atoms with van der Waals surface area (Å²) in [5.74, 6) is -0.367. The Bertz CT molecular complexity index is 1060. The SMILES string of the molecule is COc1cc(/C=C2\C(=O)ON=C2C)ccc1OS(=O)(=O)c1ccc(Cl)cc1. The molecule has 0 radical (unpaired) electrons. The first-order valence-electron chi connectivity index (χ1n) is 7.66. The van der Waals surface area contributed by atoms with Crippen molar-refractivity contribution in [1.29, 1.82) is 0 Å². The first-order valence-corrected chi connectivity index (χ1v) is 9.45. The molecule has 1 aliphatic rings. The van der Waals surface area contributed by atoms with Gasteiger partial charge in [0.1, 0.15) is 4.90 Å². The number of benzene rings is 2. The van der Waals surface area contributed by atoms with Crippen LogP contribution in [0.15, 0.2) is 58.1 Å². The summed E-state index contributed by atoms with van der Waals surface area (Å²) in [5, 5.41) is 4.01. The van der Waals surface area contributed by atoms with E-state index in [-0.39, 0.29) is 16.4 Å². The summed E-state index contributed by atoms with van der Waals surface area (Å²) in [6, 6.07) is 10.2. The highest BCUT2D eigenvalue weighted by Crippen LogP contribution is 2.32. The van der Waals surface area contributed by atoms with Gasteiger partial charge in [-0.3, -0.25) is 0 Å². The lowest BCUT2D eigenvalue weighted by molar-refractivity contribution is -0.136. The van der Waals surface area contributed by atoms with Gasteiger partial charge >= 0.3 is 16.1 Å². The molecule has 0 aliphatic carbocycles. The van der Waals surface area contributed by atoms with Gasteiger partial charge in [-0.15, -0.1) is 0 Å². The standard InChI is InChI=1S/C18H14ClNO6S/c1-11-15(18(21)25-20-11)9-12-3-8-16(17(10-12)24-2)26-27(22,23)14-6-4-13(19)5-7-14/h3-10H,1-2H3/b15-9-. The van der Waals surface area contributed by atoms with E-state index in [9.17, 15) is 13.2 Å². The molecule has 0 fully saturated rings. The highest BCUT2D eigenvalue weighted by atomic mass is 35.5. The van der Waals surface area contributed by atoms with Crippen LogP contribution < -0.4 is 8.92 Å². The molecule has 0 saturated heterocycles. The van der Waals surface area contributed by atoms with Crippen LogP contribution in [0, 0.1) is 0 Å². The Labute approximate surface area is 160 Å². The fourth-order valence-electron chi connectivity index (χ4n) is 2.30. The molecule has 0 N–H and O–H groups in total. The number of oxime groups is 1. The smallest absolute Gasteiger partial charge is 0.367 e. The minimum atomic E-state index is -4.06. The van der Waals surface area contributed by atoms with Crippen molar-refractivity contribution in [2.45, 2.75) is 11.8 Å². The van der Waals surface area contributed by atoms with Gasteiger partial charge in [0.2, 0.25) is 0 Å². The third kappa shape index (κ3) is 4.12. The van der Waals surface area contributed by atoms with Gasteiger partial charge in [-0.2, -0.15) is 8.42 Å². The lowest BCUT2D eigenvalue weighted by atomic mass is 10.1. The van der Waals surface area contributed by atoms with E-state index >= 15 is 0 Å². The highest BCUT2D eigenvalue weighted by Gasteiger charge is 2.23. The molecule has 2 aromatic rings. The Kier molecular flexibility index (Phi) is 5.20. The fraction of sp³-hybridized carbons (Fsp3) is 0.111. The number of carbonyl (C=O) groups is 1. The molecule has 27 heavy (non-hydrogen) atoms. The van der Waals surface area contributed by atoms with Crippen molar-refractivity contribution >= 4 is 39.5 Å². The van der Waals surface area contributed by atoms with Crippen LogP contribution in [0.3, 0.4) is 0 Å². The van der Waals surface area contributed by atoms with Crippen molar-refractivity contribution in [3.05, 3.63) is 58.6 Å². The van der Waals surface area contributed by atoms with Crippen molar-refractivity contribution in [2.75, 3.05) is 7.11 Å². The van der Waals surface area contributed by atoms with Crippen LogP contribution in [-0.4, -0.2) is 27.2 Å². The fourth-order valence-corrected chi connectivity index (χ4v) is 3.36. The quantitative estimate of drug-likeness (QED) is 0.428. The second kappa shape index (κ2) is 7.42. The Morgan fingerprint density at radius 3 is 2.41 bits per heavy atom. The van der Waals surface area contributed by atoms with E-state index in [0.29, 0.717) is 21.9 Å². The first-order chi connectivity index (χ1) is 12.8. The molecule has 3 rings (SSSR count).